The molecule has 0 aromatic rings. The van der Waals surface area contributed by atoms with E-state index in [0.29, 0.717) is 25.7 Å². The van der Waals surface area contributed by atoms with Crippen molar-refractivity contribution in [2.45, 2.75) is 270 Å². The van der Waals surface area contributed by atoms with E-state index in [1.54, 1.807) is 0 Å². The molecule has 0 aliphatic carbocycles. The number of phosphoric acid groups is 2. The number of hydrogen-bond donors (Lipinski definition) is 4. The third-order valence-electron chi connectivity index (χ3n) is 14.2. The summed E-state index contributed by atoms with van der Waals surface area (Å²) in [5.74, 6) is -1.71. The summed E-state index contributed by atoms with van der Waals surface area (Å²) in [6, 6.07) is 0. The third kappa shape index (κ3) is 70.3. The Labute approximate surface area is 574 Å². The molecule has 0 aliphatic rings. The molecule has 5 unspecified atom stereocenters. The van der Waals surface area contributed by atoms with Crippen LogP contribution in [0.15, 0.2) is 158 Å². The first kappa shape index (κ1) is 90.2. The molecule has 0 bridgehead atoms. The van der Waals surface area contributed by atoms with Crippen LogP contribution in [-0.4, -0.2) is 95.9 Å². The predicted molar refractivity (Wildman–Crippen MR) is 389 cm³/mol. The predicted octanol–water partition coefficient (Wildman–Crippen LogP) is 20.3. The molecule has 0 aromatic heterocycles. The molecule has 0 aromatic carbocycles. The number of carbonyl (C=O) groups is 3. The number of ether oxygens (including phenoxy) is 3. The van der Waals surface area contributed by atoms with Gasteiger partial charge in [0.15, 0.2) is 6.10 Å². The molecule has 0 saturated heterocycles. The summed E-state index contributed by atoms with van der Waals surface area (Å²) in [6.45, 7) is 2.27. The fourth-order valence-electron chi connectivity index (χ4n) is 8.83. The Hall–Kier alpha value is -4.83. The maximum atomic E-state index is 12.9. The summed E-state index contributed by atoms with van der Waals surface area (Å²) in [6.07, 6.45) is 84.5. The van der Waals surface area contributed by atoms with Crippen LogP contribution in [0.25, 0.3) is 0 Å². The van der Waals surface area contributed by atoms with Crippen molar-refractivity contribution in [3.63, 3.8) is 0 Å². The topological polar surface area (TPSA) is 231 Å². The Bertz CT molecular complexity index is 2360. The average Bonchev–Trinajstić information content (AvgIpc) is 2.13. The van der Waals surface area contributed by atoms with E-state index < -0.39 is 91.5 Å². The Kier molecular flexibility index (Phi) is 65.6. The molecule has 4 N–H and O–H groups in total. The molecule has 16 nitrogen and oxygen atoms in total. The summed E-state index contributed by atoms with van der Waals surface area (Å²) < 4.78 is 60.8. The largest absolute Gasteiger partial charge is 0.472 e. The number of phosphoric ester groups is 2. The molecule has 0 fully saturated rings. The molecule has 0 aliphatic heterocycles. The van der Waals surface area contributed by atoms with Crippen molar-refractivity contribution in [3.05, 3.63) is 158 Å². The van der Waals surface area contributed by atoms with E-state index in [1.807, 2.05) is 18.2 Å². The fraction of sp³-hybridized carbons (Fsp3) is 0.623. The molecule has 0 spiro atoms. The first-order valence-corrected chi connectivity index (χ1v) is 38.8. The van der Waals surface area contributed by atoms with Gasteiger partial charge in [0.25, 0.3) is 0 Å². The maximum absolute atomic E-state index is 12.9. The summed E-state index contributed by atoms with van der Waals surface area (Å²) in [5.41, 5.74) is 0. The molecule has 0 saturated carbocycles. The second kappa shape index (κ2) is 69.1. The average molecular weight is 1370 g/mol. The van der Waals surface area contributed by atoms with E-state index in [1.165, 1.54) is 51.4 Å². The summed E-state index contributed by atoms with van der Waals surface area (Å²) in [5, 5.41) is 20.6. The zero-order valence-electron chi connectivity index (χ0n) is 58.5. The third-order valence-corrected chi connectivity index (χ3v) is 16.1. The Balaban J connectivity index is 4.68. The monoisotopic (exact) mass is 1370 g/mol. The Morgan fingerprint density at radius 1 is 0.305 bits per heavy atom. The number of esters is 3. The summed E-state index contributed by atoms with van der Waals surface area (Å²) >= 11 is 0. The fourth-order valence-corrected chi connectivity index (χ4v) is 10.4. The van der Waals surface area contributed by atoms with Gasteiger partial charge < -0.3 is 34.2 Å². The van der Waals surface area contributed by atoms with E-state index in [2.05, 4.69) is 161 Å². The first-order chi connectivity index (χ1) is 46.2. The van der Waals surface area contributed by atoms with Crippen LogP contribution in [-0.2, 0) is 55.8 Å². The first-order valence-electron chi connectivity index (χ1n) is 35.8. The van der Waals surface area contributed by atoms with Crippen LogP contribution in [0, 0.1) is 0 Å². The van der Waals surface area contributed by atoms with Gasteiger partial charge in [-0.2, -0.15) is 0 Å². The van der Waals surface area contributed by atoms with Crippen molar-refractivity contribution in [3.8, 4) is 0 Å². The van der Waals surface area contributed by atoms with Crippen molar-refractivity contribution in [2.24, 2.45) is 0 Å². The second-order valence-electron chi connectivity index (χ2n) is 23.3. The van der Waals surface area contributed by atoms with Crippen molar-refractivity contribution in [1.29, 1.82) is 0 Å². The number of aliphatic hydroxyl groups is 2. The van der Waals surface area contributed by atoms with Crippen molar-refractivity contribution >= 4 is 33.6 Å². The molecule has 0 radical (unpaired) electrons. The number of allylic oxidation sites excluding steroid dienone is 26. The molecule has 540 valence electrons. The lowest BCUT2D eigenvalue weighted by Crippen LogP contribution is -2.30. The van der Waals surface area contributed by atoms with Gasteiger partial charge in [0.05, 0.1) is 26.4 Å². The highest BCUT2D eigenvalue weighted by Gasteiger charge is 2.29. The highest BCUT2D eigenvalue weighted by atomic mass is 31.2. The van der Waals surface area contributed by atoms with E-state index in [0.717, 1.165) is 135 Å². The van der Waals surface area contributed by atoms with E-state index in [9.17, 15) is 43.5 Å². The molecule has 18 heteroatoms. The van der Waals surface area contributed by atoms with Gasteiger partial charge in [-0.3, -0.25) is 32.5 Å². The van der Waals surface area contributed by atoms with Gasteiger partial charge in [0.1, 0.15) is 25.4 Å². The quantitative estimate of drug-likeness (QED) is 0.0146. The standard InChI is InChI=1S/C77H126O16P2/c1-4-7-10-13-16-19-22-25-28-30-32-33-34-35-36-37-39-41-43-45-48-51-54-57-60-63-75(80)87-66-72(78)67-89-94(83,84)90-68-73(79)69-91-95(85,86)92-71-74(93-77(82)65-62-59-56-53-50-47-42-27-24-21-18-15-12-9-6-3)70-88-76(81)64-61-58-55-52-49-46-44-40-38-31-29-26-23-20-17-14-11-8-5-2/h8-9,11-12,16-21,25-29,32-33,35-36,38,40,42,46,49,55,58,72-74,78-79H,4-7,10,13-15,22-24,30-31,34,37,39,41,43-45,47-48,50-54,56-57,59-71H2,1-3H3,(H,83,84)(H,85,86)/b11-8-,12-9-,19-16-,20-17-,21-18-,28-25-,29-26-,33-32-,36-35-,40-38-,42-27-,49-46-,58-55-. The smallest absolute Gasteiger partial charge is 0.463 e. The van der Waals surface area contributed by atoms with Crippen LogP contribution in [0.1, 0.15) is 252 Å². The molecule has 95 heavy (non-hydrogen) atoms. The van der Waals surface area contributed by atoms with Crippen molar-refractivity contribution < 1.29 is 75.8 Å². The van der Waals surface area contributed by atoms with Crippen molar-refractivity contribution in [2.75, 3.05) is 39.6 Å². The van der Waals surface area contributed by atoms with Crippen LogP contribution in [0.3, 0.4) is 0 Å². The Morgan fingerprint density at radius 2 is 0.579 bits per heavy atom. The van der Waals surface area contributed by atoms with Crippen LogP contribution in [0.5, 0.6) is 0 Å². The van der Waals surface area contributed by atoms with Crippen LogP contribution in [0.4, 0.5) is 0 Å². The van der Waals surface area contributed by atoms with Crippen LogP contribution >= 0.6 is 15.6 Å². The zero-order chi connectivity index (χ0) is 69.5. The van der Waals surface area contributed by atoms with Crippen LogP contribution in [0.2, 0.25) is 0 Å². The minimum atomic E-state index is -4.95. The van der Waals surface area contributed by atoms with Gasteiger partial charge in [-0.05, 0) is 135 Å². The molecular weight excluding hydrogens is 1240 g/mol. The van der Waals surface area contributed by atoms with E-state index in [4.69, 9.17) is 32.3 Å². The highest BCUT2D eigenvalue weighted by molar-refractivity contribution is 7.47. The lowest BCUT2D eigenvalue weighted by molar-refractivity contribution is -0.161. The van der Waals surface area contributed by atoms with Gasteiger partial charge in [-0.1, -0.05) is 256 Å². The lowest BCUT2D eigenvalue weighted by Gasteiger charge is -2.21. The lowest BCUT2D eigenvalue weighted by atomic mass is 10.1. The Morgan fingerprint density at radius 3 is 0.947 bits per heavy atom. The molecule has 0 rings (SSSR count). The number of aliphatic hydroxyl groups excluding tert-OH is 2. The maximum Gasteiger partial charge on any atom is 0.472 e. The molecule has 0 heterocycles. The van der Waals surface area contributed by atoms with Gasteiger partial charge in [-0.15, -0.1) is 0 Å². The second-order valence-corrected chi connectivity index (χ2v) is 26.2. The number of carbonyl (C=O) groups excluding carboxylic acids is 3. The van der Waals surface area contributed by atoms with Crippen LogP contribution < -0.4 is 0 Å². The molecule has 5 atom stereocenters. The van der Waals surface area contributed by atoms with E-state index in [-0.39, 0.29) is 19.3 Å². The zero-order valence-corrected chi connectivity index (χ0v) is 60.3. The molecule has 0 amide bonds. The van der Waals surface area contributed by atoms with Gasteiger partial charge in [-0.25, -0.2) is 9.13 Å². The molecular formula is C77H126O16P2. The normalized spacial score (nSPS) is 15.1. The van der Waals surface area contributed by atoms with Gasteiger partial charge >= 0.3 is 33.6 Å². The highest BCUT2D eigenvalue weighted by Crippen LogP contribution is 2.45. The van der Waals surface area contributed by atoms with E-state index >= 15 is 0 Å². The number of unbranched alkanes of at least 4 members (excludes halogenated alkanes) is 17. The minimum absolute atomic E-state index is 0.0353. The number of hydrogen-bond acceptors (Lipinski definition) is 14. The van der Waals surface area contributed by atoms with Gasteiger partial charge in [0.2, 0.25) is 0 Å². The SMILES string of the molecule is CC/C=C\C/C=C\C/C=C\C/C=C\C/C=C\C/C=C\CCC(=O)OCC(COP(=O)(O)OCC(O)COP(=O)(O)OCC(O)COC(=O)CCCCCCCCCCC/C=C\C/C=C\C/C=C\C/C=C\CCCCC)OC(=O)CCCCCCC/C=C\C/C=C\C/C=C\CC. The van der Waals surface area contributed by atoms with Crippen molar-refractivity contribution in [1.82, 2.24) is 0 Å². The summed E-state index contributed by atoms with van der Waals surface area (Å²) in [4.78, 5) is 58.4. The summed E-state index contributed by atoms with van der Waals surface area (Å²) in [7, 11) is -9.82. The van der Waals surface area contributed by atoms with Gasteiger partial charge in [0, 0.05) is 19.3 Å². The minimum Gasteiger partial charge on any atom is -0.463 e. The number of rotatable bonds is 66.